The predicted molar refractivity (Wildman–Crippen MR) is 37.0 cm³/mol. The van der Waals surface area contributed by atoms with Gasteiger partial charge in [-0.2, -0.15) is 0 Å². The van der Waals surface area contributed by atoms with E-state index in [0.717, 1.165) is 0 Å². The van der Waals surface area contributed by atoms with Crippen LogP contribution in [0.2, 0.25) is 0 Å². The van der Waals surface area contributed by atoms with Crippen molar-refractivity contribution in [3.05, 3.63) is 0 Å². The Balaban J connectivity index is 0. The minimum absolute atomic E-state index is 0.889. The number of rotatable bonds is 0. The molecule has 0 atom stereocenters. The van der Waals surface area contributed by atoms with Crippen molar-refractivity contribution in [3.63, 3.8) is 0 Å². The highest BCUT2D eigenvalue weighted by Gasteiger charge is 1.72. The van der Waals surface area contributed by atoms with Crippen molar-refractivity contribution >= 4 is 47.4 Å². The number of hydrogen-bond acceptors (Lipinski definition) is 1. The Bertz CT molecular complexity index is 34.5. The average molecular weight is 161 g/mol. The molecule has 0 amide bonds. The van der Waals surface area contributed by atoms with E-state index in [0.29, 0.717) is 0 Å². The SMILES string of the molecule is O=C(Cl)Cl.[SiH3][SiH3]. The highest BCUT2D eigenvalue weighted by molar-refractivity contribution is 6.93. The van der Waals surface area contributed by atoms with Gasteiger partial charge in [0.2, 0.25) is 0 Å². The summed E-state index contributed by atoms with van der Waals surface area (Å²) in [5.74, 6) is 0. The lowest BCUT2D eigenvalue weighted by Gasteiger charge is -1.48. The topological polar surface area (TPSA) is 17.1 Å². The second kappa shape index (κ2) is 9.19. The first-order valence-electron chi connectivity index (χ1n) is 1.58. The summed E-state index contributed by atoms with van der Waals surface area (Å²) >= 11 is 8.80. The van der Waals surface area contributed by atoms with Crippen LogP contribution in [0.15, 0.2) is 0 Å². The van der Waals surface area contributed by atoms with Gasteiger partial charge < -0.3 is 0 Å². The molecule has 0 aromatic heterocycles. The van der Waals surface area contributed by atoms with Crippen LogP contribution < -0.4 is 0 Å². The number of carbonyl (C=O) groups excluding carboxylic acids is 1. The summed E-state index contributed by atoms with van der Waals surface area (Å²) in [6.07, 6.45) is 0. The smallest absolute Gasteiger partial charge is 0.262 e. The summed E-state index contributed by atoms with van der Waals surface area (Å²) in [5, 5.41) is 0. The van der Waals surface area contributed by atoms with Crippen molar-refractivity contribution in [2.24, 2.45) is 0 Å². The predicted octanol–water partition coefficient (Wildman–Crippen LogP) is -0.784. The van der Waals surface area contributed by atoms with Crippen LogP contribution in [0.25, 0.3) is 0 Å². The fraction of sp³-hybridized carbons (Fsp3) is 0. The first kappa shape index (κ1) is 9.84. The molecule has 0 heterocycles. The van der Waals surface area contributed by atoms with E-state index in [4.69, 9.17) is 4.79 Å². The van der Waals surface area contributed by atoms with E-state index in [2.05, 4.69) is 23.2 Å². The molecular formula is CH6Cl2OSi2. The molecule has 0 spiro atoms. The Morgan fingerprint density at radius 2 is 1.33 bits per heavy atom. The molecule has 0 aromatic rings. The van der Waals surface area contributed by atoms with Crippen LogP contribution in [0.3, 0.4) is 0 Å². The molecule has 0 aliphatic carbocycles. The van der Waals surface area contributed by atoms with Crippen LogP contribution in [0.5, 0.6) is 0 Å². The largest absolute Gasteiger partial charge is 0.313 e. The summed E-state index contributed by atoms with van der Waals surface area (Å²) in [7, 11) is 2.89. The molecule has 5 heteroatoms. The highest BCUT2D eigenvalue weighted by Crippen LogP contribution is 1.84. The fourth-order valence-electron chi connectivity index (χ4n) is 0. The summed E-state index contributed by atoms with van der Waals surface area (Å²) in [6, 6.07) is 0. The Morgan fingerprint density at radius 1 is 1.33 bits per heavy atom. The molecule has 0 radical (unpaired) electrons. The number of carbonyl (C=O) groups is 1. The van der Waals surface area contributed by atoms with Gasteiger partial charge in [-0.25, -0.2) is 0 Å². The summed E-state index contributed by atoms with van der Waals surface area (Å²) < 4.78 is -0.889. The molecule has 0 fully saturated rings. The molecule has 38 valence electrons. The molecule has 0 aliphatic rings. The van der Waals surface area contributed by atoms with E-state index < -0.39 is 4.70 Å². The second-order valence-electron chi connectivity index (χ2n) is 0.226. The Hall–Kier alpha value is 0.684. The highest BCUT2D eigenvalue weighted by atomic mass is 35.5. The summed E-state index contributed by atoms with van der Waals surface area (Å²) in [4.78, 5) is 8.98. The quantitative estimate of drug-likeness (QED) is 0.336. The molecule has 1 nitrogen and oxygen atoms in total. The van der Waals surface area contributed by atoms with Gasteiger partial charge in [0.05, 0.1) is 0 Å². The normalized spacial score (nSPS) is 6.33. The molecule has 0 saturated carbocycles. The van der Waals surface area contributed by atoms with Gasteiger partial charge in [-0.1, -0.05) is 0 Å². The van der Waals surface area contributed by atoms with Crippen LogP contribution in [0.1, 0.15) is 0 Å². The average Bonchev–Trinajstić information content (AvgIpc) is 1.41. The monoisotopic (exact) mass is 160 g/mol. The Labute approximate surface area is 52.6 Å². The molecule has 0 aliphatic heterocycles. The summed E-state index contributed by atoms with van der Waals surface area (Å²) in [5.41, 5.74) is 0. The van der Waals surface area contributed by atoms with E-state index in [-0.39, 0.29) is 0 Å². The molecule has 0 saturated heterocycles. The lowest BCUT2D eigenvalue weighted by atomic mass is 11.8. The van der Waals surface area contributed by atoms with Gasteiger partial charge in [-0.15, -0.1) is 0 Å². The van der Waals surface area contributed by atoms with E-state index >= 15 is 0 Å². The maximum absolute atomic E-state index is 8.98. The van der Waals surface area contributed by atoms with Crippen molar-refractivity contribution in [2.45, 2.75) is 0 Å². The van der Waals surface area contributed by atoms with Crippen molar-refractivity contribution in [3.8, 4) is 0 Å². The van der Waals surface area contributed by atoms with Gasteiger partial charge in [0, 0.05) is 0 Å². The first-order valence-corrected chi connectivity index (χ1v) is 10.3. The third kappa shape index (κ3) is 136. The van der Waals surface area contributed by atoms with Gasteiger partial charge in [-0.3, -0.25) is 4.79 Å². The summed E-state index contributed by atoms with van der Waals surface area (Å²) in [6.45, 7) is 0. The van der Waals surface area contributed by atoms with Crippen molar-refractivity contribution in [2.75, 3.05) is 0 Å². The molecule has 6 heavy (non-hydrogen) atoms. The molecular weight excluding hydrogens is 155 g/mol. The van der Waals surface area contributed by atoms with Crippen molar-refractivity contribution in [1.82, 2.24) is 0 Å². The molecule has 0 unspecified atom stereocenters. The van der Waals surface area contributed by atoms with Crippen LogP contribution in [-0.2, 0) is 0 Å². The van der Waals surface area contributed by atoms with E-state index in [1.807, 2.05) is 0 Å². The van der Waals surface area contributed by atoms with E-state index in [9.17, 15) is 0 Å². The standard InChI is InChI=1S/CCl2O.H6Si2/c2-1(3)4;1-2/h;1-2H3. The Morgan fingerprint density at radius 3 is 1.33 bits per heavy atom. The Kier molecular flexibility index (Phi) is 15.1. The zero-order valence-electron chi connectivity index (χ0n) is 3.66. The van der Waals surface area contributed by atoms with Crippen LogP contribution in [0.4, 0.5) is 4.79 Å². The maximum atomic E-state index is 8.98. The third-order valence-electron chi connectivity index (χ3n) is 0. The third-order valence-corrected chi connectivity index (χ3v) is 0. The minimum atomic E-state index is -0.889. The maximum Gasteiger partial charge on any atom is 0.313 e. The molecule has 0 bridgehead atoms. The van der Waals surface area contributed by atoms with Gasteiger partial charge in [0.1, 0.15) is 0 Å². The zero-order valence-corrected chi connectivity index (χ0v) is 9.18. The van der Waals surface area contributed by atoms with Crippen molar-refractivity contribution < 1.29 is 4.79 Å². The lowest BCUT2D eigenvalue weighted by Crippen LogP contribution is -1.46. The lowest BCUT2D eigenvalue weighted by molar-refractivity contribution is 0.275. The fourth-order valence-corrected chi connectivity index (χ4v) is 0. The zero-order chi connectivity index (χ0) is 5.58. The van der Waals surface area contributed by atoms with Crippen LogP contribution >= 0.6 is 23.2 Å². The minimum Gasteiger partial charge on any atom is -0.262 e. The second-order valence-corrected chi connectivity index (χ2v) is 1.11. The van der Waals surface area contributed by atoms with Gasteiger partial charge in [-0.05, 0) is 42.7 Å². The molecule has 0 aromatic carbocycles. The molecule has 0 rings (SSSR count). The first-order chi connectivity index (χ1) is 2.73. The van der Waals surface area contributed by atoms with Gasteiger partial charge in [0.15, 0.2) is 0 Å². The number of halogens is 2. The number of hydrogen-bond donors (Lipinski definition) is 0. The van der Waals surface area contributed by atoms with E-state index in [1.54, 1.807) is 0 Å². The van der Waals surface area contributed by atoms with Gasteiger partial charge >= 0.3 is 4.70 Å². The van der Waals surface area contributed by atoms with Gasteiger partial charge in [0.25, 0.3) is 0 Å². The molecule has 0 N–H and O–H groups in total. The van der Waals surface area contributed by atoms with Crippen LogP contribution in [-0.4, -0.2) is 24.2 Å². The van der Waals surface area contributed by atoms with Crippen molar-refractivity contribution in [1.29, 1.82) is 0 Å². The van der Waals surface area contributed by atoms with E-state index in [1.165, 1.54) is 19.5 Å². The van der Waals surface area contributed by atoms with Crippen LogP contribution in [0, 0.1) is 0 Å².